The first-order valence-corrected chi connectivity index (χ1v) is 8.24. The van der Waals surface area contributed by atoms with Gasteiger partial charge in [-0.25, -0.2) is 18.1 Å². The molecule has 0 aliphatic rings. The molecule has 3 N–H and O–H groups in total. The van der Waals surface area contributed by atoms with E-state index < -0.39 is 10.0 Å². The maximum Gasteiger partial charge on any atom is 0.241 e. The summed E-state index contributed by atoms with van der Waals surface area (Å²) in [5.41, 5.74) is 6.18. The van der Waals surface area contributed by atoms with Crippen molar-refractivity contribution in [2.75, 3.05) is 0 Å². The van der Waals surface area contributed by atoms with Gasteiger partial charge in [-0.1, -0.05) is 24.6 Å². The average molecular weight is 330 g/mol. The maximum absolute atomic E-state index is 12.2. The van der Waals surface area contributed by atoms with E-state index in [1.807, 2.05) is 6.92 Å². The topological polar surface area (TPSA) is 98.2 Å². The number of hydrogen-bond donors (Lipinski definition) is 2. The number of rotatable bonds is 6. The molecule has 6 nitrogen and oxygen atoms in total. The van der Waals surface area contributed by atoms with E-state index >= 15 is 0 Å². The number of aromatic nitrogens is 1. The summed E-state index contributed by atoms with van der Waals surface area (Å²) in [6.07, 6.45) is 2.28. The highest BCUT2D eigenvalue weighted by Gasteiger charge is 2.16. The van der Waals surface area contributed by atoms with Crippen LogP contribution in [0.15, 0.2) is 33.7 Å². The van der Waals surface area contributed by atoms with Crippen molar-refractivity contribution in [3.63, 3.8) is 0 Å². The molecule has 0 fully saturated rings. The molecule has 0 atom stereocenters. The molecule has 1 aromatic carbocycles. The van der Waals surface area contributed by atoms with Crippen molar-refractivity contribution in [1.82, 2.24) is 9.71 Å². The lowest BCUT2D eigenvalue weighted by Gasteiger charge is -2.07. The van der Waals surface area contributed by atoms with Crippen LogP contribution in [0.4, 0.5) is 0 Å². The number of nitrogens with one attached hydrogen (secondary N) is 1. The number of hydrogen-bond acceptors (Lipinski definition) is 5. The third-order valence-electron chi connectivity index (χ3n) is 2.92. The molecule has 21 heavy (non-hydrogen) atoms. The highest BCUT2D eigenvalue weighted by molar-refractivity contribution is 7.89. The number of benzene rings is 1. The van der Waals surface area contributed by atoms with Gasteiger partial charge in [0.2, 0.25) is 15.9 Å². The average Bonchev–Trinajstić information content (AvgIpc) is 2.93. The van der Waals surface area contributed by atoms with Crippen molar-refractivity contribution in [1.29, 1.82) is 0 Å². The number of oxazole rings is 1. The number of halogens is 1. The Labute approximate surface area is 128 Å². The van der Waals surface area contributed by atoms with E-state index in [-0.39, 0.29) is 18.0 Å². The summed E-state index contributed by atoms with van der Waals surface area (Å²) in [6, 6.07) is 4.43. The highest BCUT2D eigenvalue weighted by atomic mass is 35.5. The Morgan fingerprint density at radius 3 is 2.76 bits per heavy atom. The van der Waals surface area contributed by atoms with Crippen molar-refractivity contribution in [2.24, 2.45) is 5.73 Å². The van der Waals surface area contributed by atoms with Crippen LogP contribution in [-0.2, 0) is 29.5 Å². The fourth-order valence-electron chi connectivity index (χ4n) is 1.69. The molecular weight excluding hydrogens is 314 g/mol. The number of sulfonamides is 1. The second kappa shape index (κ2) is 6.57. The first-order chi connectivity index (χ1) is 9.96. The van der Waals surface area contributed by atoms with Crippen LogP contribution in [0.2, 0.25) is 5.02 Å². The minimum absolute atomic E-state index is 0.0153. The van der Waals surface area contributed by atoms with Crippen LogP contribution >= 0.6 is 11.6 Å². The molecule has 2 aromatic rings. The second-order valence-corrected chi connectivity index (χ2v) is 6.53. The molecule has 0 aliphatic heterocycles. The molecule has 0 spiro atoms. The van der Waals surface area contributed by atoms with E-state index in [4.69, 9.17) is 21.8 Å². The van der Waals surface area contributed by atoms with Crippen molar-refractivity contribution >= 4 is 21.6 Å². The minimum Gasteiger partial charge on any atom is -0.444 e. The maximum atomic E-state index is 12.2. The highest BCUT2D eigenvalue weighted by Crippen LogP contribution is 2.20. The molecule has 114 valence electrons. The third-order valence-corrected chi connectivity index (χ3v) is 4.67. The molecule has 1 aromatic heterocycles. The summed E-state index contributed by atoms with van der Waals surface area (Å²) in [4.78, 5) is 4.07. The molecular formula is C13H16ClN3O3S. The fourth-order valence-corrected chi connectivity index (χ4v) is 3.02. The monoisotopic (exact) mass is 329 g/mol. The lowest BCUT2D eigenvalue weighted by Crippen LogP contribution is -2.23. The summed E-state index contributed by atoms with van der Waals surface area (Å²) in [6.45, 7) is 2.16. The first-order valence-electron chi connectivity index (χ1n) is 6.38. The summed E-state index contributed by atoms with van der Waals surface area (Å²) in [7, 11) is -3.68. The van der Waals surface area contributed by atoms with Crippen molar-refractivity contribution in [2.45, 2.75) is 31.3 Å². The number of nitrogens with zero attached hydrogens (tertiary/aromatic N) is 1. The Morgan fingerprint density at radius 1 is 1.43 bits per heavy atom. The van der Waals surface area contributed by atoms with Gasteiger partial charge >= 0.3 is 0 Å². The van der Waals surface area contributed by atoms with Crippen LogP contribution in [0.25, 0.3) is 0 Å². The minimum atomic E-state index is -3.68. The molecule has 2 rings (SSSR count). The SMILES string of the molecule is CCc1cnc(CNS(=O)(=O)c2ccc(CN)c(Cl)c2)o1. The van der Waals surface area contributed by atoms with Gasteiger partial charge in [-0.05, 0) is 17.7 Å². The molecule has 0 aliphatic carbocycles. The van der Waals surface area contributed by atoms with E-state index in [9.17, 15) is 8.42 Å². The smallest absolute Gasteiger partial charge is 0.241 e. The van der Waals surface area contributed by atoms with Crippen LogP contribution in [0.3, 0.4) is 0 Å². The molecule has 0 bridgehead atoms. The van der Waals surface area contributed by atoms with Gasteiger partial charge in [0.1, 0.15) is 5.76 Å². The predicted octanol–water partition coefficient (Wildman–Crippen LogP) is 1.83. The van der Waals surface area contributed by atoms with Crippen LogP contribution < -0.4 is 10.5 Å². The van der Waals surface area contributed by atoms with Crippen molar-refractivity contribution < 1.29 is 12.8 Å². The molecule has 1 heterocycles. The van der Waals surface area contributed by atoms with Crippen molar-refractivity contribution in [3.8, 4) is 0 Å². The standard InChI is InChI=1S/C13H16ClN3O3S/c1-2-10-7-16-13(20-10)8-17-21(18,19)11-4-3-9(6-15)12(14)5-11/h3-5,7,17H,2,6,8,15H2,1H3. The lowest BCUT2D eigenvalue weighted by molar-refractivity contribution is 0.452. The Morgan fingerprint density at radius 2 is 2.19 bits per heavy atom. The van der Waals surface area contributed by atoms with Gasteiger partial charge in [0, 0.05) is 18.0 Å². The van der Waals surface area contributed by atoms with Gasteiger partial charge in [-0.3, -0.25) is 0 Å². The Hall–Kier alpha value is -1.41. The summed E-state index contributed by atoms with van der Waals surface area (Å²) in [5, 5.41) is 0.324. The van der Waals surface area contributed by atoms with Gasteiger partial charge < -0.3 is 10.2 Å². The van der Waals surface area contributed by atoms with Gasteiger partial charge in [0.25, 0.3) is 0 Å². The van der Waals surface area contributed by atoms with Gasteiger partial charge in [-0.15, -0.1) is 0 Å². The van der Waals surface area contributed by atoms with E-state index in [0.717, 1.165) is 0 Å². The number of nitrogens with two attached hydrogens (primary N) is 1. The summed E-state index contributed by atoms with van der Waals surface area (Å²) in [5.74, 6) is 1.03. The quantitative estimate of drug-likeness (QED) is 0.842. The zero-order valence-electron chi connectivity index (χ0n) is 11.5. The lowest BCUT2D eigenvalue weighted by atomic mass is 10.2. The fraction of sp³-hybridized carbons (Fsp3) is 0.308. The third kappa shape index (κ3) is 3.82. The summed E-state index contributed by atoms with van der Waals surface area (Å²) >= 11 is 5.97. The zero-order chi connectivity index (χ0) is 15.5. The van der Waals surface area contributed by atoms with Gasteiger partial charge in [-0.2, -0.15) is 0 Å². The van der Waals surface area contributed by atoms with Crippen LogP contribution in [0.5, 0.6) is 0 Å². The molecule has 0 radical (unpaired) electrons. The summed E-state index contributed by atoms with van der Waals surface area (Å²) < 4.78 is 32.1. The molecule has 0 amide bonds. The predicted molar refractivity (Wildman–Crippen MR) is 79.2 cm³/mol. The molecule has 8 heteroatoms. The van der Waals surface area contributed by atoms with Crippen LogP contribution in [-0.4, -0.2) is 13.4 Å². The van der Waals surface area contributed by atoms with E-state index in [0.29, 0.717) is 28.7 Å². The Kier molecular flexibility index (Phi) is 5.00. The van der Waals surface area contributed by atoms with Crippen LogP contribution in [0, 0.1) is 0 Å². The first kappa shape index (κ1) is 16.0. The number of aryl methyl sites for hydroxylation is 1. The van der Waals surface area contributed by atoms with Crippen molar-refractivity contribution in [3.05, 3.63) is 46.6 Å². The Bertz CT molecular complexity index is 728. The second-order valence-electron chi connectivity index (χ2n) is 4.36. The zero-order valence-corrected chi connectivity index (χ0v) is 13.0. The van der Waals surface area contributed by atoms with E-state index in [2.05, 4.69) is 9.71 Å². The van der Waals surface area contributed by atoms with Gasteiger partial charge in [0.05, 0.1) is 17.6 Å². The molecule has 0 saturated carbocycles. The molecule has 0 unspecified atom stereocenters. The van der Waals surface area contributed by atoms with Crippen LogP contribution in [0.1, 0.15) is 24.1 Å². The largest absolute Gasteiger partial charge is 0.444 e. The van der Waals surface area contributed by atoms with Gasteiger partial charge in [0.15, 0.2) is 0 Å². The Balaban J connectivity index is 2.12. The normalized spacial score (nSPS) is 11.8. The molecule has 0 saturated heterocycles. The van der Waals surface area contributed by atoms with E-state index in [1.54, 1.807) is 12.3 Å². The van der Waals surface area contributed by atoms with E-state index in [1.165, 1.54) is 12.1 Å².